The summed E-state index contributed by atoms with van der Waals surface area (Å²) in [6.07, 6.45) is 1.89. The van der Waals surface area contributed by atoms with Crippen molar-refractivity contribution in [3.63, 3.8) is 0 Å². The molecule has 4 heterocycles. The van der Waals surface area contributed by atoms with Crippen LogP contribution in [0.2, 0.25) is 0 Å². The van der Waals surface area contributed by atoms with Gasteiger partial charge in [-0.2, -0.15) is 0 Å². The van der Waals surface area contributed by atoms with Gasteiger partial charge < -0.3 is 19.3 Å². The fourth-order valence-electron chi connectivity index (χ4n) is 3.61. The number of aromatic nitrogens is 1. The van der Waals surface area contributed by atoms with Gasteiger partial charge in [-0.25, -0.2) is 4.98 Å². The van der Waals surface area contributed by atoms with Gasteiger partial charge in [0.05, 0.1) is 26.4 Å². The number of carbonyl (C=O) groups is 2. The minimum absolute atomic E-state index is 0.00107. The van der Waals surface area contributed by atoms with Crippen molar-refractivity contribution in [2.24, 2.45) is 0 Å². The Morgan fingerprint density at radius 2 is 2.00 bits per heavy atom. The Hall–Kier alpha value is -2.03. The van der Waals surface area contributed by atoms with Crippen molar-refractivity contribution in [3.8, 4) is 0 Å². The van der Waals surface area contributed by atoms with Gasteiger partial charge in [0.1, 0.15) is 15.8 Å². The Morgan fingerprint density at radius 3 is 2.78 bits per heavy atom. The summed E-state index contributed by atoms with van der Waals surface area (Å²) in [5.74, 6) is 0.112. The van der Waals surface area contributed by atoms with Crippen LogP contribution in [0.4, 0.5) is 0 Å². The molecule has 2 aliphatic heterocycles. The first-order valence-electron chi connectivity index (χ1n) is 9.33. The molecule has 0 aromatic carbocycles. The first-order chi connectivity index (χ1) is 13.2. The van der Waals surface area contributed by atoms with E-state index in [2.05, 4.69) is 4.98 Å². The summed E-state index contributed by atoms with van der Waals surface area (Å²) >= 11 is 1.41. The molecule has 0 saturated carbocycles. The number of rotatable bonds is 3. The predicted molar refractivity (Wildman–Crippen MR) is 102 cm³/mol. The number of pyridine rings is 1. The van der Waals surface area contributed by atoms with E-state index in [0.717, 1.165) is 15.8 Å². The SMILES string of the molecule is CCC(=O)N1CCO[C@@H](c2c(C(=O)N3CCOCC3)sc3ncccc23)C1. The number of fused-ring (bicyclic) bond motifs is 1. The van der Waals surface area contributed by atoms with Gasteiger partial charge in [0, 0.05) is 43.2 Å². The Balaban J connectivity index is 1.72. The van der Waals surface area contributed by atoms with Crippen LogP contribution in [0.1, 0.15) is 34.7 Å². The van der Waals surface area contributed by atoms with Crippen LogP contribution in [-0.2, 0) is 14.3 Å². The third kappa shape index (κ3) is 3.56. The van der Waals surface area contributed by atoms with Crippen LogP contribution in [0.5, 0.6) is 0 Å². The summed E-state index contributed by atoms with van der Waals surface area (Å²) in [6, 6.07) is 3.85. The molecule has 144 valence electrons. The lowest BCUT2D eigenvalue weighted by molar-refractivity contribution is -0.138. The van der Waals surface area contributed by atoms with Crippen molar-refractivity contribution in [1.82, 2.24) is 14.8 Å². The molecule has 2 aromatic heterocycles. The lowest BCUT2D eigenvalue weighted by atomic mass is 10.0. The maximum absolute atomic E-state index is 13.2. The molecule has 2 aliphatic rings. The maximum Gasteiger partial charge on any atom is 0.264 e. The van der Waals surface area contributed by atoms with Crippen LogP contribution < -0.4 is 0 Å². The number of ether oxygens (including phenoxy) is 2. The third-order valence-corrected chi connectivity index (χ3v) is 6.16. The van der Waals surface area contributed by atoms with Crippen molar-refractivity contribution in [3.05, 3.63) is 28.8 Å². The number of hydrogen-bond acceptors (Lipinski definition) is 6. The van der Waals surface area contributed by atoms with Gasteiger partial charge in [-0.15, -0.1) is 11.3 Å². The minimum Gasteiger partial charge on any atom is -0.378 e. The molecule has 0 N–H and O–H groups in total. The third-order valence-electron chi connectivity index (χ3n) is 5.04. The summed E-state index contributed by atoms with van der Waals surface area (Å²) < 4.78 is 11.4. The molecule has 2 fully saturated rings. The monoisotopic (exact) mass is 389 g/mol. The zero-order valence-corrected chi connectivity index (χ0v) is 16.2. The van der Waals surface area contributed by atoms with Crippen molar-refractivity contribution >= 4 is 33.4 Å². The molecule has 2 saturated heterocycles. The lowest BCUT2D eigenvalue weighted by Crippen LogP contribution is -2.43. The lowest BCUT2D eigenvalue weighted by Gasteiger charge is -2.34. The van der Waals surface area contributed by atoms with E-state index in [1.54, 1.807) is 6.20 Å². The van der Waals surface area contributed by atoms with Gasteiger partial charge in [-0.05, 0) is 6.07 Å². The van der Waals surface area contributed by atoms with Crippen LogP contribution in [0.15, 0.2) is 18.3 Å². The van der Waals surface area contributed by atoms with Gasteiger partial charge in [0.15, 0.2) is 0 Å². The Morgan fingerprint density at radius 1 is 1.22 bits per heavy atom. The normalized spacial score (nSPS) is 20.9. The van der Waals surface area contributed by atoms with E-state index in [1.807, 2.05) is 28.9 Å². The Kier molecular flexibility index (Phi) is 5.38. The molecular weight excluding hydrogens is 366 g/mol. The highest BCUT2D eigenvalue weighted by atomic mass is 32.1. The molecule has 0 bridgehead atoms. The second-order valence-corrected chi connectivity index (χ2v) is 7.66. The summed E-state index contributed by atoms with van der Waals surface area (Å²) in [4.78, 5) is 35.0. The second kappa shape index (κ2) is 7.92. The fraction of sp³-hybridized carbons (Fsp3) is 0.526. The van der Waals surface area contributed by atoms with E-state index >= 15 is 0 Å². The average molecular weight is 389 g/mol. The van der Waals surface area contributed by atoms with E-state index in [-0.39, 0.29) is 17.9 Å². The first kappa shape index (κ1) is 18.3. The summed E-state index contributed by atoms with van der Waals surface area (Å²) in [7, 11) is 0. The molecule has 1 atom stereocenters. The van der Waals surface area contributed by atoms with Crippen LogP contribution in [0.3, 0.4) is 0 Å². The van der Waals surface area contributed by atoms with Crippen LogP contribution >= 0.6 is 11.3 Å². The number of nitrogens with zero attached hydrogens (tertiary/aromatic N) is 3. The van der Waals surface area contributed by atoms with Gasteiger partial charge in [0.25, 0.3) is 5.91 Å². The molecule has 0 aliphatic carbocycles. The van der Waals surface area contributed by atoms with E-state index < -0.39 is 0 Å². The van der Waals surface area contributed by atoms with Crippen molar-refractivity contribution in [1.29, 1.82) is 0 Å². The van der Waals surface area contributed by atoms with Crippen LogP contribution in [0.25, 0.3) is 10.2 Å². The fourth-order valence-corrected chi connectivity index (χ4v) is 4.78. The van der Waals surface area contributed by atoms with Gasteiger partial charge in [-0.3, -0.25) is 9.59 Å². The average Bonchev–Trinajstić information content (AvgIpc) is 3.13. The van der Waals surface area contributed by atoms with Crippen molar-refractivity contribution in [2.75, 3.05) is 46.0 Å². The number of carbonyl (C=O) groups excluding carboxylic acids is 2. The molecule has 0 spiro atoms. The predicted octanol–water partition coefficient (Wildman–Crippen LogP) is 2.08. The molecule has 4 rings (SSSR count). The van der Waals surface area contributed by atoms with E-state index in [9.17, 15) is 9.59 Å². The number of amides is 2. The number of thiophene rings is 1. The quantitative estimate of drug-likeness (QED) is 0.804. The molecule has 2 amide bonds. The van der Waals surface area contributed by atoms with Gasteiger partial charge in [0.2, 0.25) is 5.91 Å². The standard InChI is InChI=1S/C19H23N3O4S/c1-2-15(23)22-8-11-26-14(12-22)16-13-4-3-5-20-18(13)27-17(16)19(24)21-6-9-25-10-7-21/h3-5,14H,2,6-12H2,1H3/t14-/m1/s1. The Labute approximate surface area is 161 Å². The van der Waals surface area contributed by atoms with E-state index in [1.165, 1.54) is 11.3 Å². The van der Waals surface area contributed by atoms with Crippen molar-refractivity contribution < 1.29 is 19.1 Å². The Bertz CT molecular complexity index is 847. The number of hydrogen-bond donors (Lipinski definition) is 0. The van der Waals surface area contributed by atoms with Crippen molar-refractivity contribution in [2.45, 2.75) is 19.4 Å². The molecule has 2 aromatic rings. The highest BCUT2D eigenvalue weighted by molar-refractivity contribution is 7.20. The molecule has 27 heavy (non-hydrogen) atoms. The molecule has 8 heteroatoms. The largest absolute Gasteiger partial charge is 0.378 e. The molecular formula is C19H23N3O4S. The zero-order chi connectivity index (χ0) is 18.8. The molecule has 0 unspecified atom stereocenters. The number of morpholine rings is 2. The van der Waals surface area contributed by atoms with Crippen LogP contribution in [-0.4, -0.2) is 72.6 Å². The maximum atomic E-state index is 13.2. The smallest absolute Gasteiger partial charge is 0.264 e. The summed E-state index contributed by atoms with van der Waals surface area (Å²) in [6.45, 7) is 5.69. The van der Waals surface area contributed by atoms with E-state index in [0.29, 0.717) is 57.3 Å². The summed E-state index contributed by atoms with van der Waals surface area (Å²) in [5, 5.41) is 0.940. The summed E-state index contributed by atoms with van der Waals surface area (Å²) in [5.41, 5.74) is 0.869. The van der Waals surface area contributed by atoms with Crippen LogP contribution in [0, 0.1) is 0 Å². The molecule has 7 nitrogen and oxygen atoms in total. The van der Waals surface area contributed by atoms with Gasteiger partial charge >= 0.3 is 0 Å². The second-order valence-electron chi connectivity index (χ2n) is 6.66. The highest BCUT2D eigenvalue weighted by Gasteiger charge is 2.33. The minimum atomic E-state index is -0.313. The topological polar surface area (TPSA) is 72.0 Å². The highest BCUT2D eigenvalue weighted by Crippen LogP contribution is 2.38. The first-order valence-corrected chi connectivity index (χ1v) is 10.1. The zero-order valence-electron chi connectivity index (χ0n) is 15.3. The van der Waals surface area contributed by atoms with E-state index in [4.69, 9.17) is 9.47 Å². The molecule has 0 radical (unpaired) electrons. The van der Waals surface area contributed by atoms with Gasteiger partial charge in [-0.1, -0.05) is 13.0 Å².